The molecule has 1 fully saturated rings. The zero-order chi connectivity index (χ0) is 17.2. The second-order valence-corrected chi connectivity index (χ2v) is 6.81. The highest BCUT2D eigenvalue weighted by atomic mass is 16.5. The molecule has 0 radical (unpaired) electrons. The number of aliphatic hydroxyl groups excluding tert-OH is 1. The minimum absolute atomic E-state index is 0.0280. The van der Waals surface area contributed by atoms with E-state index in [9.17, 15) is 5.11 Å². The van der Waals surface area contributed by atoms with Crippen LogP contribution in [0.25, 0.3) is 0 Å². The molecular weight excluding hydrogens is 298 g/mol. The Balaban J connectivity index is 1.75. The first-order valence-corrected chi connectivity index (χ1v) is 9.46. The molecule has 1 aromatic rings. The molecule has 1 saturated heterocycles. The predicted octanol–water partition coefficient (Wildman–Crippen LogP) is 4.16. The number of ether oxygens (including phenoxy) is 1. The smallest absolute Gasteiger partial charge is 0.100 e. The van der Waals surface area contributed by atoms with Crippen molar-refractivity contribution in [3.63, 3.8) is 0 Å². The Bertz CT molecular complexity index is 462. The summed E-state index contributed by atoms with van der Waals surface area (Å²) in [6.45, 7) is 8.48. The van der Waals surface area contributed by atoms with Crippen LogP contribution in [0.2, 0.25) is 0 Å². The van der Waals surface area contributed by atoms with Gasteiger partial charge in [0.15, 0.2) is 0 Å². The Hall–Kier alpha value is -1.16. The molecule has 1 heterocycles. The summed E-state index contributed by atoms with van der Waals surface area (Å²) in [5.74, 6) is 0. The van der Waals surface area contributed by atoms with Crippen LogP contribution in [0.5, 0.6) is 0 Å². The van der Waals surface area contributed by atoms with E-state index in [0.717, 1.165) is 26.1 Å². The standard InChI is InChI=1S/C21H33NO2/c1-3-5-6-7-8-12-15-24-20-17-22(19(4-2)21(20)23)16-18-13-10-9-11-14-18/h4,9-11,13-14,19-21,23H,2-3,5-8,12,15-17H2,1H3/t19-,20-,21-/m0/s1. The molecule has 134 valence electrons. The lowest BCUT2D eigenvalue weighted by Crippen LogP contribution is -2.34. The zero-order valence-corrected chi connectivity index (χ0v) is 15.1. The second kappa shape index (κ2) is 10.7. The molecule has 1 aliphatic heterocycles. The molecule has 1 aromatic carbocycles. The third-order valence-electron chi connectivity index (χ3n) is 4.87. The first-order chi connectivity index (χ1) is 11.8. The molecule has 2 rings (SSSR count). The van der Waals surface area contributed by atoms with Crippen LogP contribution >= 0.6 is 0 Å². The quantitative estimate of drug-likeness (QED) is 0.488. The van der Waals surface area contributed by atoms with Gasteiger partial charge in [-0.3, -0.25) is 4.90 Å². The van der Waals surface area contributed by atoms with Crippen molar-refractivity contribution in [1.82, 2.24) is 4.90 Å². The summed E-state index contributed by atoms with van der Waals surface area (Å²) in [4.78, 5) is 2.26. The number of likely N-dealkylation sites (tertiary alicyclic amines) is 1. The average molecular weight is 331 g/mol. The molecule has 0 saturated carbocycles. The van der Waals surface area contributed by atoms with Crippen LogP contribution in [0.3, 0.4) is 0 Å². The van der Waals surface area contributed by atoms with Gasteiger partial charge in [0.2, 0.25) is 0 Å². The van der Waals surface area contributed by atoms with E-state index in [-0.39, 0.29) is 12.1 Å². The number of hydrogen-bond donors (Lipinski definition) is 1. The van der Waals surface area contributed by atoms with Gasteiger partial charge in [0.05, 0.1) is 12.1 Å². The lowest BCUT2D eigenvalue weighted by molar-refractivity contribution is -0.0147. The first kappa shape index (κ1) is 19.2. The highest BCUT2D eigenvalue weighted by molar-refractivity contribution is 5.16. The van der Waals surface area contributed by atoms with E-state index in [4.69, 9.17) is 4.74 Å². The summed E-state index contributed by atoms with van der Waals surface area (Å²) >= 11 is 0. The third-order valence-corrected chi connectivity index (χ3v) is 4.87. The first-order valence-electron chi connectivity index (χ1n) is 9.46. The largest absolute Gasteiger partial charge is 0.388 e. The van der Waals surface area contributed by atoms with Gasteiger partial charge >= 0.3 is 0 Å². The number of unbranched alkanes of at least 4 members (excludes halogenated alkanes) is 5. The number of aliphatic hydroxyl groups is 1. The minimum atomic E-state index is -0.480. The van der Waals surface area contributed by atoms with Crippen LogP contribution in [0, 0.1) is 0 Å². The van der Waals surface area contributed by atoms with Crippen LogP contribution in [0.4, 0.5) is 0 Å². The summed E-state index contributed by atoms with van der Waals surface area (Å²) in [7, 11) is 0. The number of rotatable bonds is 11. The highest BCUT2D eigenvalue weighted by Gasteiger charge is 2.39. The van der Waals surface area contributed by atoms with Gasteiger partial charge in [-0.05, 0) is 12.0 Å². The topological polar surface area (TPSA) is 32.7 Å². The molecule has 24 heavy (non-hydrogen) atoms. The highest BCUT2D eigenvalue weighted by Crippen LogP contribution is 2.24. The van der Waals surface area contributed by atoms with Crippen molar-refractivity contribution in [2.45, 2.75) is 70.2 Å². The number of benzene rings is 1. The van der Waals surface area contributed by atoms with Crippen molar-refractivity contribution in [2.75, 3.05) is 13.2 Å². The zero-order valence-electron chi connectivity index (χ0n) is 15.1. The summed E-state index contributed by atoms with van der Waals surface area (Å²) in [5.41, 5.74) is 1.26. The molecule has 3 atom stereocenters. The summed E-state index contributed by atoms with van der Waals surface area (Å²) in [5, 5.41) is 10.5. The van der Waals surface area contributed by atoms with E-state index in [1.165, 1.54) is 37.7 Å². The lowest BCUT2D eigenvalue weighted by Gasteiger charge is -2.22. The number of hydrogen-bond acceptors (Lipinski definition) is 3. The van der Waals surface area contributed by atoms with Crippen LogP contribution in [0.1, 0.15) is 51.0 Å². The maximum absolute atomic E-state index is 10.5. The van der Waals surface area contributed by atoms with Gasteiger partial charge in [0.1, 0.15) is 6.10 Å². The Morgan fingerprint density at radius 2 is 1.88 bits per heavy atom. The third kappa shape index (κ3) is 5.73. The van der Waals surface area contributed by atoms with E-state index < -0.39 is 6.10 Å². The van der Waals surface area contributed by atoms with Crippen molar-refractivity contribution < 1.29 is 9.84 Å². The monoisotopic (exact) mass is 331 g/mol. The predicted molar refractivity (Wildman–Crippen MR) is 100.0 cm³/mol. The van der Waals surface area contributed by atoms with E-state index in [0.29, 0.717) is 0 Å². The van der Waals surface area contributed by atoms with Gasteiger partial charge in [-0.25, -0.2) is 0 Å². The molecule has 0 aliphatic carbocycles. The summed E-state index contributed by atoms with van der Waals surface area (Å²) < 4.78 is 5.98. The Kier molecular flexibility index (Phi) is 8.51. The molecule has 1 N–H and O–H groups in total. The van der Waals surface area contributed by atoms with Crippen LogP contribution < -0.4 is 0 Å². The fourth-order valence-corrected chi connectivity index (χ4v) is 3.44. The fraction of sp³-hybridized carbons (Fsp3) is 0.619. The Labute approximate surface area is 147 Å². The van der Waals surface area contributed by atoms with Gasteiger partial charge in [0.25, 0.3) is 0 Å². The van der Waals surface area contributed by atoms with Crippen LogP contribution in [-0.4, -0.2) is 41.4 Å². The normalized spacial score (nSPS) is 24.3. The number of nitrogens with zero attached hydrogens (tertiary/aromatic N) is 1. The average Bonchev–Trinajstić information content (AvgIpc) is 2.90. The maximum Gasteiger partial charge on any atom is 0.100 e. The molecule has 0 unspecified atom stereocenters. The van der Waals surface area contributed by atoms with Gasteiger partial charge in [-0.1, -0.05) is 75.4 Å². The van der Waals surface area contributed by atoms with Crippen molar-refractivity contribution in [3.8, 4) is 0 Å². The molecule has 0 amide bonds. The molecule has 0 spiro atoms. The molecule has 3 heteroatoms. The van der Waals surface area contributed by atoms with Gasteiger partial charge in [-0.2, -0.15) is 0 Å². The Morgan fingerprint density at radius 3 is 2.58 bits per heavy atom. The SMILES string of the molecule is C=C[C@H]1[C@H](O)[C@@H](OCCCCCCCC)CN1Cc1ccccc1. The molecule has 0 bridgehead atoms. The molecule has 1 aliphatic rings. The van der Waals surface area contributed by atoms with E-state index in [1.54, 1.807) is 0 Å². The van der Waals surface area contributed by atoms with Crippen molar-refractivity contribution in [3.05, 3.63) is 48.6 Å². The molecule has 3 nitrogen and oxygen atoms in total. The van der Waals surface area contributed by atoms with Gasteiger partial charge < -0.3 is 9.84 Å². The van der Waals surface area contributed by atoms with E-state index in [2.05, 4.69) is 42.7 Å². The van der Waals surface area contributed by atoms with Crippen LogP contribution in [-0.2, 0) is 11.3 Å². The van der Waals surface area contributed by atoms with Crippen molar-refractivity contribution in [1.29, 1.82) is 0 Å². The second-order valence-electron chi connectivity index (χ2n) is 6.81. The molecular formula is C21H33NO2. The minimum Gasteiger partial charge on any atom is -0.388 e. The van der Waals surface area contributed by atoms with Crippen molar-refractivity contribution >= 4 is 0 Å². The van der Waals surface area contributed by atoms with E-state index >= 15 is 0 Å². The van der Waals surface area contributed by atoms with Crippen molar-refractivity contribution in [2.24, 2.45) is 0 Å². The Morgan fingerprint density at radius 1 is 1.17 bits per heavy atom. The van der Waals surface area contributed by atoms with Gasteiger partial charge in [-0.15, -0.1) is 6.58 Å². The van der Waals surface area contributed by atoms with Gasteiger partial charge in [0, 0.05) is 19.7 Å². The van der Waals surface area contributed by atoms with E-state index in [1.807, 2.05) is 12.1 Å². The molecule has 0 aromatic heterocycles. The lowest BCUT2D eigenvalue weighted by atomic mass is 10.1. The maximum atomic E-state index is 10.5. The van der Waals surface area contributed by atoms with Crippen LogP contribution in [0.15, 0.2) is 43.0 Å². The fourth-order valence-electron chi connectivity index (χ4n) is 3.44. The summed E-state index contributed by atoms with van der Waals surface area (Å²) in [6.07, 6.45) is 8.81. The summed E-state index contributed by atoms with van der Waals surface area (Å²) in [6, 6.07) is 10.3.